The molecular weight excluding hydrogens is 158 g/mol. The number of rotatable bonds is 4. The van der Waals surface area contributed by atoms with Gasteiger partial charge in [0.05, 0.1) is 0 Å². The largest absolute Gasteiger partial charge is 0.312 e. The van der Waals surface area contributed by atoms with Crippen LogP contribution < -0.4 is 5.32 Å². The van der Waals surface area contributed by atoms with Crippen molar-refractivity contribution in [2.75, 3.05) is 6.54 Å². The predicted octanol–water partition coefficient (Wildman–Crippen LogP) is 3.34. The quantitative estimate of drug-likeness (QED) is 0.659. The van der Waals surface area contributed by atoms with Gasteiger partial charge in [-0.1, -0.05) is 25.7 Å². The van der Waals surface area contributed by atoms with Crippen LogP contribution >= 0.6 is 0 Å². The average Bonchev–Trinajstić information content (AvgIpc) is 2.48. The fourth-order valence-corrected chi connectivity index (χ4v) is 2.15. The highest BCUT2D eigenvalue weighted by molar-refractivity contribution is 4.72. The zero-order valence-electron chi connectivity index (χ0n) is 9.53. The van der Waals surface area contributed by atoms with Crippen LogP contribution in [0.2, 0.25) is 0 Å². The Labute approximate surface area is 83.3 Å². The normalized spacial score (nSPS) is 19.6. The second-order valence-electron chi connectivity index (χ2n) is 5.47. The monoisotopic (exact) mass is 183 g/mol. The third-order valence-corrected chi connectivity index (χ3v) is 2.92. The molecule has 0 radical (unpaired) electrons. The molecule has 1 nitrogen and oxygen atoms in total. The minimum atomic E-state index is 0.301. The van der Waals surface area contributed by atoms with Gasteiger partial charge in [-0.05, 0) is 46.1 Å². The second-order valence-corrected chi connectivity index (χ2v) is 5.47. The highest BCUT2D eigenvalue weighted by Gasteiger charge is 2.14. The van der Waals surface area contributed by atoms with Crippen molar-refractivity contribution in [2.24, 2.45) is 5.92 Å². The first-order valence-electron chi connectivity index (χ1n) is 5.83. The molecule has 1 saturated carbocycles. The third kappa shape index (κ3) is 5.30. The van der Waals surface area contributed by atoms with Crippen LogP contribution in [0.15, 0.2) is 0 Å². The van der Waals surface area contributed by atoms with Crippen LogP contribution in [0.3, 0.4) is 0 Å². The van der Waals surface area contributed by atoms with E-state index in [0.717, 1.165) is 5.92 Å². The van der Waals surface area contributed by atoms with E-state index >= 15 is 0 Å². The lowest BCUT2D eigenvalue weighted by Gasteiger charge is -2.20. The van der Waals surface area contributed by atoms with Crippen LogP contribution in [0.25, 0.3) is 0 Å². The van der Waals surface area contributed by atoms with Gasteiger partial charge in [0.25, 0.3) is 0 Å². The summed E-state index contributed by atoms with van der Waals surface area (Å²) in [5.74, 6) is 1.06. The standard InChI is InChI=1S/C12H25N/c1-12(2,3)13-10-6-9-11-7-4-5-8-11/h11,13H,4-10H2,1-3H3. The molecule has 0 aromatic carbocycles. The second kappa shape index (κ2) is 4.99. The average molecular weight is 183 g/mol. The Morgan fingerprint density at radius 1 is 1.15 bits per heavy atom. The molecule has 0 atom stereocenters. The fourth-order valence-electron chi connectivity index (χ4n) is 2.15. The van der Waals surface area contributed by atoms with Crippen LogP contribution in [-0.4, -0.2) is 12.1 Å². The Balaban J connectivity index is 1.94. The van der Waals surface area contributed by atoms with E-state index in [4.69, 9.17) is 0 Å². The van der Waals surface area contributed by atoms with Gasteiger partial charge in [-0.25, -0.2) is 0 Å². The van der Waals surface area contributed by atoms with Gasteiger partial charge in [0, 0.05) is 5.54 Å². The predicted molar refractivity (Wildman–Crippen MR) is 58.9 cm³/mol. The molecule has 0 amide bonds. The molecule has 0 spiro atoms. The lowest BCUT2D eigenvalue weighted by atomic mass is 10.0. The first-order chi connectivity index (χ1) is 6.08. The molecule has 1 N–H and O–H groups in total. The summed E-state index contributed by atoms with van der Waals surface area (Å²) < 4.78 is 0. The Morgan fingerprint density at radius 2 is 1.77 bits per heavy atom. The van der Waals surface area contributed by atoms with E-state index in [-0.39, 0.29) is 0 Å². The molecule has 1 fully saturated rings. The van der Waals surface area contributed by atoms with Crippen molar-refractivity contribution in [3.8, 4) is 0 Å². The van der Waals surface area contributed by atoms with Crippen molar-refractivity contribution in [3.05, 3.63) is 0 Å². The van der Waals surface area contributed by atoms with Crippen LogP contribution in [0, 0.1) is 5.92 Å². The number of hydrogen-bond donors (Lipinski definition) is 1. The first kappa shape index (κ1) is 11.0. The van der Waals surface area contributed by atoms with Gasteiger partial charge in [-0.2, -0.15) is 0 Å². The topological polar surface area (TPSA) is 12.0 Å². The molecule has 0 unspecified atom stereocenters. The summed E-state index contributed by atoms with van der Waals surface area (Å²) in [7, 11) is 0. The lowest BCUT2D eigenvalue weighted by Crippen LogP contribution is -2.36. The SMILES string of the molecule is CC(C)(C)NCCCC1CCCC1. The maximum Gasteiger partial charge on any atom is 0.00965 e. The van der Waals surface area contributed by atoms with Gasteiger partial charge in [0.15, 0.2) is 0 Å². The van der Waals surface area contributed by atoms with Gasteiger partial charge in [-0.15, -0.1) is 0 Å². The van der Waals surface area contributed by atoms with E-state index < -0.39 is 0 Å². The summed E-state index contributed by atoms with van der Waals surface area (Å²) in [5, 5.41) is 3.55. The van der Waals surface area contributed by atoms with Crippen LogP contribution in [0.4, 0.5) is 0 Å². The van der Waals surface area contributed by atoms with Gasteiger partial charge in [0.1, 0.15) is 0 Å². The lowest BCUT2D eigenvalue weighted by molar-refractivity contribution is 0.397. The fraction of sp³-hybridized carbons (Fsp3) is 1.00. The van der Waals surface area contributed by atoms with Crippen molar-refractivity contribution in [2.45, 2.75) is 64.8 Å². The van der Waals surface area contributed by atoms with Gasteiger partial charge < -0.3 is 5.32 Å². The Kier molecular flexibility index (Phi) is 4.24. The Morgan fingerprint density at radius 3 is 2.31 bits per heavy atom. The van der Waals surface area contributed by atoms with Crippen molar-refractivity contribution >= 4 is 0 Å². The summed E-state index contributed by atoms with van der Waals surface area (Å²) in [4.78, 5) is 0. The van der Waals surface area contributed by atoms with Crippen molar-refractivity contribution in [3.63, 3.8) is 0 Å². The zero-order chi connectivity index (χ0) is 9.73. The van der Waals surface area contributed by atoms with E-state index in [1.807, 2.05) is 0 Å². The maximum atomic E-state index is 3.55. The number of nitrogens with one attached hydrogen (secondary N) is 1. The molecule has 1 rings (SSSR count). The summed E-state index contributed by atoms with van der Waals surface area (Å²) >= 11 is 0. The molecule has 0 aromatic heterocycles. The molecule has 0 bridgehead atoms. The molecule has 1 aliphatic rings. The highest BCUT2D eigenvalue weighted by Crippen LogP contribution is 2.28. The molecule has 78 valence electrons. The maximum absolute atomic E-state index is 3.55. The minimum absolute atomic E-state index is 0.301. The van der Waals surface area contributed by atoms with Gasteiger partial charge in [-0.3, -0.25) is 0 Å². The Hall–Kier alpha value is -0.0400. The number of hydrogen-bond acceptors (Lipinski definition) is 1. The summed E-state index contributed by atoms with van der Waals surface area (Å²) in [6.45, 7) is 7.91. The van der Waals surface area contributed by atoms with Crippen molar-refractivity contribution in [1.82, 2.24) is 5.32 Å². The molecular formula is C12H25N. The van der Waals surface area contributed by atoms with Crippen LogP contribution in [0.5, 0.6) is 0 Å². The third-order valence-electron chi connectivity index (χ3n) is 2.92. The smallest absolute Gasteiger partial charge is 0.00965 e. The summed E-state index contributed by atoms with van der Waals surface area (Å²) in [6, 6.07) is 0. The molecule has 13 heavy (non-hydrogen) atoms. The van der Waals surface area contributed by atoms with E-state index in [0.29, 0.717) is 5.54 Å². The zero-order valence-corrected chi connectivity index (χ0v) is 9.53. The summed E-state index contributed by atoms with van der Waals surface area (Å²) in [5.41, 5.74) is 0.301. The van der Waals surface area contributed by atoms with Crippen molar-refractivity contribution in [1.29, 1.82) is 0 Å². The molecule has 1 heteroatoms. The molecule has 0 aliphatic heterocycles. The molecule has 1 aliphatic carbocycles. The molecule has 0 aromatic rings. The van der Waals surface area contributed by atoms with E-state index in [2.05, 4.69) is 26.1 Å². The van der Waals surface area contributed by atoms with Crippen molar-refractivity contribution < 1.29 is 0 Å². The highest BCUT2D eigenvalue weighted by atomic mass is 14.9. The first-order valence-corrected chi connectivity index (χ1v) is 5.83. The van der Waals surface area contributed by atoms with Crippen LogP contribution in [-0.2, 0) is 0 Å². The van der Waals surface area contributed by atoms with E-state index in [1.165, 1.54) is 45.1 Å². The molecule has 0 saturated heterocycles. The van der Waals surface area contributed by atoms with E-state index in [9.17, 15) is 0 Å². The Bertz CT molecular complexity index is 129. The van der Waals surface area contributed by atoms with Crippen LogP contribution in [0.1, 0.15) is 59.3 Å². The van der Waals surface area contributed by atoms with Gasteiger partial charge >= 0.3 is 0 Å². The minimum Gasteiger partial charge on any atom is -0.312 e. The molecule has 0 heterocycles. The van der Waals surface area contributed by atoms with Gasteiger partial charge in [0.2, 0.25) is 0 Å². The van der Waals surface area contributed by atoms with E-state index in [1.54, 1.807) is 0 Å². The summed E-state index contributed by atoms with van der Waals surface area (Å²) in [6.07, 6.45) is 8.77.